The standard InChI is InChI=1S/C10H20O2.C4H8O2/c1-4-5-6-7-8-12-10(11)9(2)3;1-3(2)4(5)6/h9H,4-8H2,1-3H3;3H,1-2H3,(H,5,6). The molecule has 4 nitrogen and oxygen atoms in total. The summed E-state index contributed by atoms with van der Waals surface area (Å²) in [5, 5.41) is 7.99. The number of carbonyl (C=O) groups is 2. The fourth-order valence-corrected chi connectivity index (χ4v) is 0.868. The summed E-state index contributed by atoms with van der Waals surface area (Å²) < 4.78 is 5.01. The summed E-state index contributed by atoms with van der Waals surface area (Å²) in [5.74, 6) is -1.04. The van der Waals surface area contributed by atoms with Gasteiger partial charge in [-0.05, 0) is 6.42 Å². The van der Waals surface area contributed by atoms with Crippen LogP contribution < -0.4 is 0 Å². The summed E-state index contributed by atoms with van der Waals surface area (Å²) in [6.07, 6.45) is 4.63. The molecule has 0 heterocycles. The van der Waals surface area contributed by atoms with Crippen molar-refractivity contribution < 1.29 is 19.4 Å². The second-order valence-electron chi connectivity index (χ2n) is 4.88. The lowest BCUT2D eigenvalue weighted by Gasteiger charge is -2.05. The average Bonchev–Trinajstić information content (AvgIpc) is 2.29. The van der Waals surface area contributed by atoms with E-state index in [1.165, 1.54) is 19.3 Å². The molecule has 108 valence electrons. The lowest BCUT2D eigenvalue weighted by Crippen LogP contribution is -2.12. The second-order valence-corrected chi connectivity index (χ2v) is 4.88. The number of unbranched alkanes of at least 4 members (excludes halogenated alkanes) is 3. The average molecular weight is 260 g/mol. The molecule has 1 N–H and O–H groups in total. The first-order valence-electron chi connectivity index (χ1n) is 6.72. The molecule has 0 atom stereocenters. The summed E-state index contributed by atoms with van der Waals surface area (Å²) in [4.78, 5) is 20.7. The van der Waals surface area contributed by atoms with E-state index in [9.17, 15) is 9.59 Å². The normalized spacial score (nSPS) is 9.94. The van der Waals surface area contributed by atoms with Gasteiger partial charge in [0.25, 0.3) is 0 Å². The van der Waals surface area contributed by atoms with E-state index < -0.39 is 5.97 Å². The molecule has 0 fully saturated rings. The molecule has 0 rings (SSSR count). The molecule has 0 aliphatic carbocycles. The van der Waals surface area contributed by atoms with Crippen LogP contribution in [0.1, 0.15) is 60.3 Å². The van der Waals surface area contributed by atoms with Gasteiger partial charge in [-0.1, -0.05) is 53.9 Å². The molecular weight excluding hydrogens is 232 g/mol. The topological polar surface area (TPSA) is 63.6 Å². The zero-order valence-corrected chi connectivity index (χ0v) is 12.4. The first kappa shape index (κ1) is 19.3. The van der Waals surface area contributed by atoms with Gasteiger partial charge in [-0.3, -0.25) is 9.59 Å². The van der Waals surface area contributed by atoms with E-state index in [0.29, 0.717) is 6.61 Å². The Kier molecular flexibility index (Phi) is 13.3. The summed E-state index contributed by atoms with van der Waals surface area (Å²) in [6, 6.07) is 0. The van der Waals surface area contributed by atoms with Crippen LogP contribution in [0.25, 0.3) is 0 Å². The molecule has 0 aromatic heterocycles. The fraction of sp³-hybridized carbons (Fsp3) is 0.857. The molecule has 0 bridgehead atoms. The predicted molar refractivity (Wildman–Crippen MR) is 72.4 cm³/mol. The zero-order valence-electron chi connectivity index (χ0n) is 12.4. The number of carboxylic acids is 1. The van der Waals surface area contributed by atoms with Gasteiger partial charge in [0, 0.05) is 0 Å². The van der Waals surface area contributed by atoms with Gasteiger partial charge >= 0.3 is 11.9 Å². The van der Waals surface area contributed by atoms with Crippen molar-refractivity contribution in [1.29, 1.82) is 0 Å². The van der Waals surface area contributed by atoms with Crippen LogP contribution in [0.4, 0.5) is 0 Å². The Morgan fingerprint density at radius 1 is 1.00 bits per heavy atom. The Balaban J connectivity index is 0. The van der Waals surface area contributed by atoms with E-state index in [1.807, 2.05) is 13.8 Å². The zero-order chi connectivity index (χ0) is 14.6. The third-order valence-electron chi connectivity index (χ3n) is 2.21. The highest BCUT2D eigenvalue weighted by Crippen LogP contribution is 2.01. The van der Waals surface area contributed by atoms with Crippen molar-refractivity contribution in [2.45, 2.75) is 60.3 Å². The Morgan fingerprint density at radius 2 is 1.50 bits per heavy atom. The first-order valence-corrected chi connectivity index (χ1v) is 6.72. The minimum Gasteiger partial charge on any atom is -0.481 e. The van der Waals surface area contributed by atoms with E-state index in [1.54, 1.807) is 13.8 Å². The van der Waals surface area contributed by atoms with E-state index in [2.05, 4.69) is 6.92 Å². The Bertz CT molecular complexity index is 222. The number of carbonyl (C=O) groups excluding carboxylic acids is 1. The number of hydrogen-bond acceptors (Lipinski definition) is 3. The molecular formula is C14H28O4. The highest BCUT2D eigenvalue weighted by atomic mass is 16.5. The highest BCUT2D eigenvalue weighted by Gasteiger charge is 2.06. The van der Waals surface area contributed by atoms with E-state index in [0.717, 1.165) is 6.42 Å². The van der Waals surface area contributed by atoms with Gasteiger partial charge in [-0.25, -0.2) is 0 Å². The maximum absolute atomic E-state index is 11.0. The lowest BCUT2D eigenvalue weighted by atomic mass is 10.2. The van der Waals surface area contributed by atoms with Gasteiger partial charge in [0.2, 0.25) is 0 Å². The monoisotopic (exact) mass is 260 g/mol. The van der Waals surface area contributed by atoms with Crippen LogP contribution in [0.5, 0.6) is 0 Å². The smallest absolute Gasteiger partial charge is 0.308 e. The van der Waals surface area contributed by atoms with E-state index in [-0.39, 0.29) is 17.8 Å². The van der Waals surface area contributed by atoms with Crippen molar-refractivity contribution in [3.8, 4) is 0 Å². The molecule has 0 unspecified atom stereocenters. The predicted octanol–water partition coefficient (Wildman–Crippen LogP) is 3.49. The highest BCUT2D eigenvalue weighted by molar-refractivity contribution is 5.71. The minimum absolute atomic E-state index is 0.0103. The van der Waals surface area contributed by atoms with Crippen LogP contribution in [0.15, 0.2) is 0 Å². The van der Waals surface area contributed by atoms with Crippen molar-refractivity contribution in [1.82, 2.24) is 0 Å². The van der Waals surface area contributed by atoms with Crippen LogP contribution in [0, 0.1) is 11.8 Å². The van der Waals surface area contributed by atoms with Crippen LogP contribution in [-0.4, -0.2) is 23.7 Å². The number of carboxylic acid groups (broad SMARTS) is 1. The van der Waals surface area contributed by atoms with E-state index >= 15 is 0 Å². The SMILES string of the molecule is CC(C)C(=O)O.CCCCCCOC(=O)C(C)C. The Morgan fingerprint density at radius 3 is 1.83 bits per heavy atom. The molecule has 0 amide bonds. The molecule has 0 saturated carbocycles. The van der Waals surface area contributed by atoms with Gasteiger partial charge in [0.15, 0.2) is 0 Å². The van der Waals surface area contributed by atoms with Gasteiger partial charge in [0.05, 0.1) is 18.4 Å². The van der Waals surface area contributed by atoms with Crippen molar-refractivity contribution in [2.24, 2.45) is 11.8 Å². The van der Waals surface area contributed by atoms with E-state index in [4.69, 9.17) is 9.84 Å². The van der Waals surface area contributed by atoms with Crippen LogP contribution in [0.3, 0.4) is 0 Å². The second kappa shape index (κ2) is 12.4. The summed E-state index contributed by atoms with van der Waals surface area (Å²) in [5.41, 5.74) is 0. The Hall–Kier alpha value is -1.06. The maximum Gasteiger partial charge on any atom is 0.308 e. The molecule has 0 saturated heterocycles. The molecule has 0 radical (unpaired) electrons. The van der Waals surface area contributed by atoms with Gasteiger partial charge in [0.1, 0.15) is 0 Å². The number of esters is 1. The molecule has 0 aliphatic rings. The number of hydrogen-bond donors (Lipinski definition) is 1. The molecule has 18 heavy (non-hydrogen) atoms. The first-order chi connectivity index (χ1) is 8.32. The molecule has 0 aromatic rings. The third-order valence-corrected chi connectivity index (χ3v) is 2.21. The summed E-state index contributed by atoms with van der Waals surface area (Å²) in [7, 11) is 0. The van der Waals surface area contributed by atoms with Gasteiger partial charge < -0.3 is 9.84 Å². The van der Waals surface area contributed by atoms with Gasteiger partial charge in [-0.15, -0.1) is 0 Å². The summed E-state index contributed by atoms with van der Waals surface area (Å²) >= 11 is 0. The number of ether oxygens (including phenoxy) is 1. The van der Waals surface area contributed by atoms with Crippen molar-refractivity contribution >= 4 is 11.9 Å². The molecule has 0 aliphatic heterocycles. The molecule has 4 heteroatoms. The molecule has 0 spiro atoms. The van der Waals surface area contributed by atoms with Crippen molar-refractivity contribution in [2.75, 3.05) is 6.61 Å². The van der Waals surface area contributed by atoms with Gasteiger partial charge in [-0.2, -0.15) is 0 Å². The quantitative estimate of drug-likeness (QED) is 0.562. The largest absolute Gasteiger partial charge is 0.481 e. The minimum atomic E-state index is -0.741. The fourth-order valence-electron chi connectivity index (χ4n) is 0.868. The van der Waals surface area contributed by atoms with Crippen LogP contribution >= 0.6 is 0 Å². The Labute approximate surface area is 111 Å². The maximum atomic E-state index is 11.0. The lowest BCUT2D eigenvalue weighted by molar-refractivity contribution is -0.147. The van der Waals surface area contributed by atoms with Crippen molar-refractivity contribution in [3.63, 3.8) is 0 Å². The molecule has 0 aromatic carbocycles. The van der Waals surface area contributed by atoms with Crippen LogP contribution in [0.2, 0.25) is 0 Å². The van der Waals surface area contributed by atoms with Crippen molar-refractivity contribution in [3.05, 3.63) is 0 Å². The summed E-state index contributed by atoms with van der Waals surface area (Å²) in [6.45, 7) is 9.75. The third kappa shape index (κ3) is 14.9. The number of aliphatic carboxylic acids is 1. The number of rotatable bonds is 7. The van der Waals surface area contributed by atoms with Crippen LogP contribution in [-0.2, 0) is 14.3 Å².